The lowest BCUT2D eigenvalue weighted by molar-refractivity contribution is -0.122. The van der Waals surface area contributed by atoms with Gasteiger partial charge in [0.15, 0.2) is 6.10 Å². The fourth-order valence-electron chi connectivity index (χ4n) is 3.60. The second-order valence-electron chi connectivity index (χ2n) is 6.99. The van der Waals surface area contributed by atoms with E-state index in [0.29, 0.717) is 28.4 Å². The maximum Gasteiger partial charge on any atom is 0.265 e. The van der Waals surface area contributed by atoms with Crippen molar-refractivity contribution in [3.63, 3.8) is 0 Å². The Labute approximate surface area is 163 Å². The highest BCUT2D eigenvalue weighted by Crippen LogP contribution is 2.31. The highest BCUT2D eigenvalue weighted by atomic mass is 35.5. The van der Waals surface area contributed by atoms with Crippen LogP contribution in [0.4, 0.5) is 5.69 Å². The second kappa shape index (κ2) is 7.61. The van der Waals surface area contributed by atoms with Gasteiger partial charge in [-0.15, -0.1) is 0 Å². The van der Waals surface area contributed by atoms with Crippen LogP contribution in [-0.2, 0) is 11.2 Å². The number of fused-ring (bicyclic) bond motifs is 1. The number of ether oxygens (including phenoxy) is 1. The minimum absolute atomic E-state index is 0.0185. The molecule has 6 heteroatoms. The van der Waals surface area contributed by atoms with Crippen LogP contribution in [0.5, 0.6) is 5.75 Å². The number of carbonyl (C=O) groups excluding carboxylic acids is 2. The highest BCUT2D eigenvalue weighted by molar-refractivity contribution is 6.30. The monoisotopic (exact) mass is 384 g/mol. The van der Waals surface area contributed by atoms with Crippen molar-refractivity contribution in [2.75, 3.05) is 18.4 Å². The van der Waals surface area contributed by atoms with Gasteiger partial charge in [0, 0.05) is 35.8 Å². The van der Waals surface area contributed by atoms with Crippen LogP contribution in [0.1, 0.15) is 35.2 Å². The van der Waals surface area contributed by atoms with Crippen LogP contribution in [0.15, 0.2) is 42.5 Å². The minimum Gasteiger partial charge on any atom is -0.480 e. The van der Waals surface area contributed by atoms with E-state index in [1.807, 2.05) is 11.0 Å². The molecule has 1 fully saturated rings. The zero-order valence-corrected chi connectivity index (χ0v) is 15.7. The lowest BCUT2D eigenvalue weighted by Crippen LogP contribution is -2.35. The van der Waals surface area contributed by atoms with Crippen LogP contribution in [-0.4, -0.2) is 35.9 Å². The predicted molar refractivity (Wildman–Crippen MR) is 104 cm³/mol. The van der Waals surface area contributed by atoms with Gasteiger partial charge in [0.25, 0.3) is 11.8 Å². The molecule has 27 heavy (non-hydrogen) atoms. The van der Waals surface area contributed by atoms with Crippen molar-refractivity contribution >= 4 is 29.1 Å². The SMILES string of the molecule is O=C(Nc1cccc(C(=O)N2CCCCC2)c1)[C@@H]1Cc2cc(Cl)ccc2O1. The molecule has 2 aliphatic heterocycles. The maximum absolute atomic E-state index is 12.7. The number of amides is 2. The first-order valence-corrected chi connectivity index (χ1v) is 9.63. The molecule has 4 rings (SSSR count). The number of benzene rings is 2. The topological polar surface area (TPSA) is 58.6 Å². The van der Waals surface area contributed by atoms with Crippen LogP contribution in [0, 0.1) is 0 Å². The summed E-state index contributed by atoms with van der Waals surface area (Å²) >= 11 is 6.00. The molecule has 2 heterocycles. The predicted octanol–water partition coefficient (Wildman–Crippen LogP) is 3.91. The summed E-state index contributed by atoms with van der Waals surface area (Å²) in [5, 5.41) is 3.49. The van der Waals surface area contributed by atoms with Crippen LogP contribution in [0.3, 0.4) is 0 Å². The lowest BCUT2D eigenvalue weighted by Gasteiger charge is -2.26. The Bertz CT molecular complexity index is 877. The van der Waals surface area contributed by atoms with Gasteiger partial charge in [-0.1, -0.05) is 17.7 Å². The Morgan fingerprint density at radius 1 is 1.07 bits per heavy atom. The number of hydrogen-bond donors (Lipinski definition) is 1. The zero-order chi connectivity index (χ0) is 18.8. The molecular weight excluding hydrogens is 364 g/mol. The van der Waals surface area contributed by atoms with Gasteiger partial charge in [-0.2, -0.15) is 0 Å². The first-order chi connectivity index (χ1) is 13.1. The first kappa shape index (κ1) is 17.9. The van der Waals surface area contributed by atoms with E-state index in [2.05, 4.69) is 5.32 Å². The summed E-state index contributed by atoms with van der Waals surface area (Å²) in [4.78, 5) is 27.1. The fourth-order valence-corrected chi connectivity index (χ4v) is 3.79. The Kier molecular flexibility index (Phi) is 5.03. The molecule has 0 bridgehead atoms. The van der Waals surface area contributed by atoms with E-state index >= 15 is 0 Å². The van der Waals surface area contributed by atoms with Gasteiger partial charge in [-0.05, 0) is 61.2 Å². The summed E-state index contributed by atoms with van der Waals surface area (Å²) in [5.41, 5.74) is 2.12. The molecule has 1 N–H and O–H groups in total. The largest absolute Gasteiger partial charge is 0.480 e. The van der Waals surface area contributed by atoms with E-state index < -0.39 is 6.10 Å². The smallest absolute Gasteiger partial charge is 0.265 e. The normalized spacial score (nSPS) is 18.6. The number of carbonyl (C=O) groups is 2. The standard InChI is InChI=1S/C21H21ClN2O3/c22-16-7-8-18-15(11-16)13-19(27-18)20(25)23-17-6-4-5-14(12-17)21(26)24-9-2-1-3-10-24/h4-8,11-12,19H,1-3,9-10,13H2,(H,23,25)/t19-/m0/s1. The molecule has 1 saturated heterocycles. The van der Waals surface area contributed by atoms with Gasteiger partial charge in [0.2, 0.25) is 0 Å². The molecule has 5 nitrogen and oxygen atoms in total. The second-order valence-corrected chi connectivity index (χ2v) is 7.42. The van der Waals surface area contributed by atoms with Crippen LogP contribution in [0.2, 0.25) is 5.02 Å². The van der Waals surface area contributed by atoms with E-state index in [0.717, 1.165) is 31.5 Å². The summed E-state index contributed by atoms with van der Waals surface area (Å²) < 4.78 is 5.72. The Morgan fingerprint density at radius 3 is 2.70 bits per heavy atom. The molecule has 2 aliphatic rings. The number of piperidine rings is 1. The van der Waals surface area contributed by atoms with Crippen molar-refractivity contribution in [2.45, 2.75) is 31.8 Å². The van der Waals surface area contributed by atoms with Gasteiger partial charge in [-0.3, -0.25) is 9.59 Å². The molecule has 0 saturated carbocycles. The molecule has 2 aromatic carbocycles. The number of likely N-dealkylation sites (tertiary alicyclic amines) is 1. The van der Waals surface area contributed by atoms with Gasteiger partial charge in [0.05, 0.1) is 0 Å². The highest BCUT2D eigenvalue weighted by Gasteiger charge is 2.29. The maximum atomic E-state index is 12.7. The van der Waals surface area contributed by atoms with Crippen molar-refractivity contribution in [3.8, 4) is 5.75 Å². The summed E-state index contributed by atoms with van der Waals surface area (Å²) in [6.45, 7) is 1.60. The number of halogens is 1. The van der Waals surface area contributed by atoms with E-state index in [-0.39, 0.29) is 11.8 Å². The average molecular weight is 385 g/mol. The van der Waals surface area contributed by atoms with E-state index in [9.17, 15) is 9.59 Å². The van der Waals surface area contributed by atoms with Crippen molar-refractivity contribution < 1.29 is 14.3 Å². The van der Waals surface area contributed by atoms with Crippen LogP contribution in [0.25, 0.3) is 0 Å². The van der Waals surface area contributed by atoms with Crippen molar-refractivity contribution in [1.29, 1.82) is 0 Å². The summed E-state index contributed by atoms with van der Waals surface area (Å²) in [6, 6.07) is 12.4. The molecule has 0 aromatic heterocycles. The zero-order valence-electron chi connectivity index (χ0n) is 14.9. The third-order valence-corrected chi connectivity index (χ3v) is 5.24. The summed E-state index contributed by atoms with van der Waals surface area (Å²) in [7, 11) is 0. The number of rotatable bonds is 3. The molecule has 140 valence electrons. The quantitative estimate of drug-likeness (QED) is 0.872. The summed E-state index contributed by atoms with van der Waals surface area (Å²) in [5.74, 6) is 0.475. The Balaban J connectivity index is 1.42. The molecule has 1 atom stereocenters. The molecule has 0 aliphatic carbocycles. The number of anilines is 1. The van der Waals surface area contributed by atoms with Crippen molar-refractivity contribution in [1.82, 2.24) is 4.90 Å². The first-order valence-electron chi connectivity index (χ1n) is 9.25. The molecule has 0 spiro atoms. The number of hydrogen-bond acceptors (Lipinski definition) is 3. The average Bonchev–Trinajstić information content (AvgIpc) is 3.11. The van der Waals surface area contributed by atoms with Gasteiger partial charge < -0.3 is 15.0 Å². The summed E-state index contributed by atoms with van der Waals surface area (Å²) in [6.07, 6.45) is 3.15. The van der Waals surface area contributed by atoms with E-state index in [1.165, 1.54) is 6.42 Å². The Hall–Kier alpha value is -2.53. The molecule has 0 radical (unpaired) electrons. The van der Waals surface area contributed by atoms with Gasteiger partial charge in [-0.25, -0.2) is 0 Å². The van der Waals surface area contributed by atoms with Crippen molar-refractivity contribution in [3.05, 3.63) is 58.6 Å². The number of nitrogens with one attached hydrogen (secondary N) is 1. The Morgan fingerprint density at radius 2 is 1.89 bits per heavy atom. The fraction of sp³-hybridized carbons (Fsp3) is 0.333. The van der Waals surface area contributed by atoms with Crippen LogP contribution >= 0.6 is 11.6 Å². The minimum atomic E-state index is -0.597. The number of nitrogens with zero attached hydrogens (tertiary/aromatic N) is 1. The van der Waals surface area contributed by atoms with Crippen molar-refractivity contribution in [2.24, 2.45) is 0 Å². The lowest BCUT2D eigenvalue weighted by atomic mass is 10.1. The van der Waals surface area contributed by atoms with Crippen LogP contribution < -0.4 is 10.1 Å². The van der Waals surface area contributed by atoms with Gasteiger partial charge in [0.1, 0.15) is 5.75 Å². The molecular formula is C21H21ClN2O3. The van der Waals surface area contributed by atoms with E-state index in [4.69, 9.17) is 16.3 Å². The molecule has 2 amide bonds. The van der Waals surface area contributed by atoms with E-state index in [1.54, 1.807) is 36.4 Å². The molecule has 0 unspecified atom stereocenters. The molecule has 2 aromatic rings. The third-order valence-electron chi connectivity index (χ3n) is 5.01. The van der Waals surface area contributed by atoms with Gasteiger partial charge >= 0.3 is 0 Å². The third kappa shape index (κ3) is 3.93.